The van der Waals surface area contributed by atoms with Gasteiger partial charge in [-0.2, -0.15) is 5.10 Å². The molecule has 0 amide bonds. The number of hydrogen-bond donors (Lipinski definition) is 1. The lowest BCUT2D eigenvalue weighted by atomic mass is 10.1. The number of nitrogens with zero attached hydrogens (tertiary/aromatic N) is 3. The van der Waals surface area contributed by atoms with Gasteiger partial charge in [-0.25, -0.2) is 14.3 Å². The van der Waals surface area contributed by atoms with Crippen LogP contribution >= 0.6 is 0 Å². The van der Waals surface area contributed by atoms with E-state index in [9.17, 15) is 4.79 Å². The van der Waals surface area contributed by atoms with Gasteiger partial charge in [0.25, 0.3) is 0 Å². The van der Waals surface area contributed by atoms with Crippen LogP contribution in [0.2, 0.25) is 0 Å². The number of pyridine rings is 1. The van der Waals surface area contributed by atoms with Gasteiger partial charge in [0.05, 0.1) is 12.7 Å². The van der Waals surface area contributed by atoms with Crippen LogP contribution in [0.25, 0.3) is 5.65 Å². The fourth-order valence-corrected chi connectivity index (χ4v) is 2.15. The summed E-state index contributed by atoms with van der Waals surface area (Å²) in [5, 5.41) is 13.3. The Morgan fingerprint density at radius 3 is 2.86 bits per heavy atom. The molecule has 0 aliphatic carbocycles. The molecule has 0 radical (unpaired) electrons. The van der Waals surface area contributed by atoms with Crippen LogP contribution < -0.4 is 4.74 Å². The third-order valence-electron chi connectivity index (χ3n) is 3.16. The number of benzene rings is 1. The van der Waals surface area contributed by atoms with E-state index in [2.05, 4.69) is 10.1 Å². The number of methoxy groups -OCH3 is 1. The number of ether oxygens (including phenoxy) is 1. The zero-order chi connectivity index (χ0) is 14.8. The molecule has 3 aromatic rings. The number of rotatable bonds is 4. The van der Waals surface area contributed by atoms with Crippen LogP contribution in [-0.4, -0.2) is 32.8 Å². The molecule has 6 heteroatoms. The van der Waals surface area contributed by atoms with E-state index >= 15 is 0 Å². The standard InChI is InChI=1S/C15H13N3O3/c1-21-12-5-3-2-4-10(12)8-13-16-14-7-6-11(15(19)20)9-18(14)17-13/h2-7,9H,8H2,1H3,(H,19,20). The lowest BCUT2D eigenvalue weighted by Gasteiger charge is -2.05. The summed E-state index contributed by atoms with van der Waals surface area (Å²) in [4.78, 5) is 15.3. The van der Waals surface area contributed by atoms with Crippen LogP contribution in [0.15, 0.2) is 42.6 Å². The van der Waals surface area contributed by atoms with Gasteiger partial charge in [-0.05, 0) is 18.2 Å². The van der Waals surface area contributed by atoms with Crippen molar-refractivity contribution in [1.82, 2.24) is 14.6 Å². The topological polar surface area (TPSA) is 76.7 Å². The first-order valence-electron chi connectivity index (χ1n) is 6.38. The van der Waals surface area contributed by atoms with Gasteiger partial charge in [0, 0.05) is 18.2 Å². The summed E-state index contributed by atoms with van der Waals surface area (Å²) in [6.45, 7) is 0. The minimum atomic E-state index is -0.987. The second-order valence-electron chi connectivity index (χ2n) is 4.54. The molecule has 0 atom stereocenters. The average molecular weight is 283 g/mol. The highest BCUT2D eigenvalue weighted by molar-refractivity contribution is 5.87. The Kier molecular flexibility index (Phi) is 3.27. The van der Waals surface area contributed by atoms with E-state index in [0.717, 1.165) is 11.3 Å². The van der Waals surface area contributed by atoms with Crippen molar-refractivity contribution in [2.75, 3.05) is 7.11 Å². The van der Waals surface area contributed by atoms with Gasteiger partial charge in [0.1, 0.15) is 5.75 Å². The normalized spacial score (nSPS) is 10.7. The molecule has 0 fully saturated rings. The molecule has 2 aromatic heterocycles. The van der Waals surface area contributed by atoms with E-state index in [0.29, 0.717) is 17.9 Å². The molecule has 2 heterocycles. The van der Waals surface area contributed by atoms with Crippen LogP contribution in [0.5, 0.6) is 5.75 Å². The fraction of sp³-hybridized carbons (Fsp3) is 0.133. The predicted molar refractivity (Wildman–Crippen MR) is 75.7 cm³/mol. The monoisotopic (exact) mass is 283 g/mol. The molecule has 1 N–H and O–H groups in total. The molecule has 0 unspecified atom stereocenters. The number of fused-ring (bicyclic) bond motifs is 1. The number of hydrogen-bond acceptors (Lipinski definition) is 4. The molecule has 21 heavy (non-hydrogen) atoms. The van der Waals surface area contributed by atoms with E-state index in [1.54, 1.807) is 13.2 Å². The lowest BCUT2D eigenvalue weighted by Crippen LogP contribution is -1.99. The average Bonchev–Trinajstić information content (AvgIpc) is 2.89. The molecular weight excluding hydrogens is 270 g/mol. The quantitative estimate of drug-likeness (QED) is 0.792. The number of aromatic nitrogens is 3. The fourth-order valence-electron chi connectivity index (χ4n) is 2.15. The van der Waals surface area contributed by atoms with Crippen molar-refractivity contribution < 1.29 is 14.6 Å². The predicted octanol–water partition coefficient (Wildman–Crippen LogP) is 2.03. The summed E-state index contributed by atoms with van der Waals surface area (Å²) in [7, 11) is 1.62. The summed E-state index contributed by atoms with van der Waals surface area (Å²) < 4.78 is 6.78. The Balaban J connectivity index is 1.96. The first kappa shape index (κ1) is 13.1. The van der Waals surface area contributed by atoms with Crippen LogP contribution in [0.3, 0.4) is 0 Å². The van der Waals surface area contributed by atoms with E-state index in [4.69, 9.17) is 9.84 Å². The summed E-state index contributed by atoms with van der Waals surface area (Å²) in [5.74, 6) is 0.406. The van der Waals surface area contributed by atoms with E-state index in [1.807, 2.05) is 24.3 Å². The highest BCUT2D eigenvalue weighted by atomic mass is 16.5. The van der Waals surface area contributed by atoms with Gasteiger partial charge < -0.3 is 9.84 Å². The Bertz CT molecular complexity index is 811. The zero-order valence-corrected chi connectivity index (χ0v) is 11.4. The molecule has 0 bridgehead atoms. The minimum Gasteiger partial charge on any atom is -0.496 e. The molecule has 0 aliphatic heterocycles. The maximum atomic E-state index is 10.9. The van der Waals surface area contributed by atoms with Gasteiger partial charge in [-0.15, -0.1) is 0 Å². The first-order chi connectivity index (χ1) is 10.2. The molecule has 0 saturated carbocycles. The first-order valence-corrected chi connectivity index (χ1v) is 6.38. The van der Waals surface area contributed by atoms with E-state index < -0.39 is 5.97 Å². The van der Waals surface area contributed by atoms with Gasteiger partial charge in [0.15, 0.2) is 11.5 Å². The maximum Gasteiger partial charge on any atom is 0.337 e. The van der Waals surface area contributed by atoms with Gasteiger partial charge in [0.2, 0.25) is 0 Å². The van der Waals surface area contributed by atoms with Crippen molar-refractivity contribution >= 4 is 11.6 Å². The van der Waals surface area contributed by atoms with Crippen molar-refractivity contribution in [3.05, 3.63) is 59.5 Å². The number of carboxylic acids is 1. The van der Waals surface area contributed by atoms with Crippen LogP contribution in [0.4, 0.5) is 0 Å². The molecule has 1 aromatic carbocycles. The van der Waals surface area contributed by atoms with E-state index in [-0.39, 0.29) is 5.56 Å². The molecule has 3 rings (SSSR count). The second-order valence-corrected chi connectivity index (χ2v) is 4.54. The Labute approximate surface area is 120 Å². The Morgan fingerprint density at radius 1 is 1.29 bits per heavy atom. The van der Waals surface area contributed by atoms with Crippen LogP contribution in [0, 0.1) is 0 Å². The van der Waals surface area contributed by atoms with Crippen molar-refractivity contribution in [2.24, 2.45) is 0 Å². The van der Waals surface area contributed by atoms with Crippen molar-refractivity contribution in [3.63, 3.8) is 0 Å². The minimum absolute atomic E-state index is 0.177. The molecule has 0 spiro atoms. The van der Waals surface area contributed by atoms with Crippen LogP contribution in [-0.2, 0) is 6.42 Å². The molecule has 0 aliphatic rings. The van der Waals surface area contributed by atoms with Crippen LogP contribution in [0.1, 0.15) is 21.7 Å². The van der Waals surface area contributed by atoms with Gasteiger partial charge >= 0.3 is 5.97 Å². The Morgan fingerprint density at radius 2 is 2.10 bits per heavy atom. The van der Waals surface area contributed by atoms with Crippen molar-refractivity contribution in [1.29, 1.82) is 0 Å². The highest BCUT2D eigenvalue weighted by Crippen LogP contribution is 2.20. The molecular formula is C15H13N3O3. The summed E-state index contributed by atoms with van der Waals surface area (Å²) in [5.41, 5.74) is 1.77. The van der Waals surface area contributed by atoms with Gasteiger partial charge in [-0.3, -0.25) is 0 Å². The summed E-state index contributed by atoms with van der Waals surface area (Å²) in [6.07, 6.45) is 1.98. The summed E-state index contributed by atoms with van der Waals surface area (Å²) in [6, 6.07) is 10.8. The highest BCUT2D eigenvalue weighted by Gasteiger charge is 2.10. The SMILES string of the molecule is COc1ccccc1Cc1nc2ccc(C(=O)O)cn2n1. The molecule has 106 valence electrons. The zero-order valence-electron chi connectivity index (χ0n) is 11.4. The molecule has 0 saturated heterocycles. The number of carboxylic acid groups (broad SMARTS) is 1. The van der Waals surface area contributed by atoms with E-state index in [1.165, 1.54) is 16.8 Å². The maximum absolute atomic E-state index is 10.9. The number of carbonyl (C=O) groups is 1. The van der Waals surface area contributed by atoms with Crippen molar-refractivity contribution in [3.8, 4) is 5.75 Å². The Hall–Kier alpha value is -2.89. The smallest absolute Gasteiger partial charge is 0.337 e. The third kappa shape index (κ3) is 2.55. The largest absolute Gasteiger partial charge is 0.496 e. The second kappa shape index (κ2) is 5.24. The third-order valence-corrected chi connectivity index (χ3v) is 3.16. The van der Waals surface area contributed by atoms with Crippen molar-refractivity contribution in [2.45, 2.75) is 6.42 Å². The summed E-state index contributed by atoms with van der Waals surface area (Å²) >= 11 is 0. The number of para-hydroxylation sites is 1. The molecule has 6 nitrogen and oxygen atoms in total. The van der Waals surface area contributed by atoms with Gasteiger partial charge in [-0.1, -0.05) is 18.2 Å². The lowest BCUT2D eigenvalue weighted by molar-refractivity contribution is 0.0696. The number of aromatic carboxylic acids is 1.